The number of sulfone groups is 1. The summed E-state index contributed by atoms with van der Waals surface area (Å²) in [5.74, 6) is -0.0847. The highest BCUT2D eigenvalue weighted by molar-refractivity contribution is 7.92. The molecule has 138 valence electrons. The minimum atomic E-state index is -3.45. The summed E-state index contributed by atoms with van der Waals surface area (Å²) in [7, 11) is -3.45. The van der Waals surface area contributed by atoms with Crippen molar-refractivity contribution in [1.29, 1.82) is 0 Å². The van der Waals surface area contributed by atoms with Crippen LogP contribution < -0.4 is 0 Å². The lowest BCUT2D eigenvalue weighted by Crippen LogP contribution is -2.56. The Bertz CT molecular complexity index is 923. The van der Waals surface area contributed by atoms with Gasteiger partial charge in [0.1, 0.15) is 5.25 Å². The highest BCUT2D eigenvalue weighted by Gasteiger charge is 2.40. The van der Waals surface area contributed by atoms with Crippen LogP contribution in [0.1, 0.15) is 12.0 Å². The first kappa shape index (κ1) is 19.5. The Morgan fingerprint density at radius 1 is 1.00 bits per heavy atom. The van der Waals surface area contributed by atoms with Gasteiger partial charge in [-0.3, -0.25) is 4.79 Å². The SMILES string of the molecule is O=C(CCc1ccc(Cl)cc1Cl)N1CC(S(=O)(=O)c2ccc(Cl)cc2)C1. The topological polar surface area (TPSA) is 54.5 Å². The molecule has 1 fully saturated rings. The average Bonchev–Trinajstić information content (AvgIpc) is 2.52. The molecule has 1 aliphatic heterocycles. The second-order valence-corrected chi connectivity index (χ2v) is 9.66. The number of carbonyl (C=O) groups excluding carboxylic acids is 1. The number of carbonyl (C=O) groups is 1. The third-order valence-corrected chi connectivity index (χ3v) is 7.35. The van der Waals surface area contributed by atoms with Gasteiger partial charge in [0.05, 0.1) is 4.90 Å². The average molecular weight is 433 g/mol. The van der Waals surface area contributed by atoms with E-state index in [4.69, 9.17) is 34.8 Å². The molecule has 8 heteroatoms. The van der Waals surface area contributed by atoms with Gasteiger partial charge in [0.25, 0.3) is 0 Å². The van der Waals surface area contributed by atoms with Gasteiger partial charge < -0.3 is 4.90 Å². The number of rotatable bonds is 5. The smallest absolute Gasteiger partial charge is 0.222 e. The molecule has 26 heavy (non-hydrogen) atoms. The second kappa shape index (κ2) is 7.77. The van der Waals surface area contributed by atoms with Crippen LogP contribution in [-0.4, -0.2) is 37.6 Å². The minimum Gasteiger partial charge on any atom is -0.340 e. The quantitative estimate of drug-likeness (QED) is 0.709. The first-order chi connectivity index (χ1) is 12.3. The molecule has 0 spiro atoms. The van der Waals surface area contributed by atoms with Crippen LogP contribution in [0.2, 0.25) is 15.1 Å². The molecule has 1 aliphatic rings. The third kappa shape index (κ3) is 4.17. The van der Waals surface area contributed by atoms with E-state index >= 15 is 0 Å². The Balaban J connectivity index is 1.55. The van der Waals surface area contributed by atoms with Gasteiger partial charge in [0.2, 0.25) is 5.91 Å². The Kier molecular flexibility index (Phi) is 5.82. The van der Waals surface area contributed by atoms with E-state index < -0.39 is 15.1 Å². The zero-order valence-corrected chi connectivity index (χ0v) is 16.7. The summed E-state index contributed by atoms with van der Waals surface area (Å²) < 4.78 is 25.1. The molecule has 0 atom stereocenters. The Labute approximate surface area is 167 Å². The molecule has 0 radical (unpaired) electrons. The zero-order chi connectivity index (χ0) is 18.9. The fraction of sp³-hybridized carbons (Fsp3) is 0.278. The number of hydrogen-bond donors (Lipinski definition) is 0. The summed E-state index contributed by atoms with van der Waals surface area (Å²) in [5, 5.41) is 0.974. The molecule has 0 unspecified atom stereocenters. The fourth-order valence-corrected chi connectivity index (χ4v) is 5.06. The number of halogens is 3. The molecular formula is C18H16Cl3NO3S. The maximum Gasteiger partial charge on any atom is 0.222 e. The van der Waals surface area contributed by atoms with E-state index in [9.17, 15) is 13.2 Å². The maximum absolute atomic E-state index is 12.5. The van der Waals surface area contributed by atoms with Crippen LogP contribution >= 0.6 is 34.8 Å². The van der Waals surface area contributed by atoms with Crippen molar-refractivity contribution >= 4 is 50.5 Å². The van der Waals surface area contributed by atoms with Crippen LogP contribution in [0.4, 0.5) is 0 Å². The normalized spacial score (nSPS) is 15.0. The molecule has 0 aliphatic carbocycles. The molecule has 1 heterocycles. The summed E-state index contributed by atoms with van der Waals surface area (Å²) in [6.45, 7) is 0.413. The first-order valence-electron chi connectivity index (χ1n) is 7.98. The minimum absolute atomic E-state index is 0.0847. The molecule has 2 aromatic rings. The number of nitrogens with zero attached hydrogens (tertiary/aromatic N) is 1. The van der Waals surface area contributed by atoms with Crippen molar-refractivity contribution in [3.8, 4) is 0 Å². The van der Waals surface area contributed by atoms with Crippen LogP contribution in [0.15, 0.2) is 47.4 Å². The van der Waals surface area contributed by atoms with Gasteiger partial charge in [0.15, 0.2) is 9.84 Å². The number of amides is 1. The molecule has 0 bridgehead atoms. The summed E-state index contributed by atoms with van der Waals surface area (Å²) in [6.07, 6.45) is 0.759. The lowest BCUT2D eigenvalue weighted by Gasteiger charge is -2.38. The van der Waals surface area contributed by atoms with Gasteiger partial charge in [-0.25, -0.2) is 8.42 Å². The molecule has 3 rings (SSSR count). The van der Waals surface area contributed by atoms with E-state index in [1.807, 2.05) is 0 Å². The molecule has 4 nitrogen and oxygen atoms in total. The van der Waals surface area contributed by atoms with Crippen molar-refractivity contribution in [2.45, 2.75) is 23.0 Å². The van der Waals surface area contributed by atoms with E-state index in [-0.39, 0.29) is 30.3 Å². The number of benzene rings is 2. The first-order valence-corrected chi connectivity index (χ1v) is 10.7. The Hall–Kier alpha value is -1.27. The standard InChI is InChI=1S/C18H16Cl3NO3S/c19-13-4-6-15(7-5-13)26(24,25)16-10-22(11-16)18(23)8-2-12-1-3-14(20)9-17(12)21/h1,3-7,9,16H,2,8,10-11H2. The molecule has 2 aromatic carbocycles. The van der Waals surface area contributed by atoms with E-state index in [1.54, 1.807) is 35.2 Å². The van der Waals surface area contributed by atoms with Crippen LogP contribution in [0.5, 0.6) is 0 Å². The predicted octanol–water partition coefficient (Wildman–Crippen LogP) is 4.26. The van der Waals surface area contributed by atoms with Gasteiger partial charge in [-0.05, 0) is 48.4 Å². The van der Waals surface area contributed by atoms with E-state index in [2.05, 4.69) is 0 Å². The second-order valence-electron chi connectivity index (χ2n) is 6.16. The van der Waals surface area contributed by atoms with Crippen LogP contribution in [0.3, 0.4) is 0 Å². The van der Waals surface area contributed by atoms with E-state index in [0.29, 0.717) is 21.5 Å². The van der Waals surface area contributed by atoms with E-state index in [0.717, 1.165) is 5.56 Å². The monoisotopic (exact) mass is 431 g/mol. The third-order valence-electron chi connectivity index (χ3n) is 4.41. The molecule has 0 N–H and O–H groups in total. The summed E-state index contributed by atoms with van der Waals surface area (Å²) in [4.78, 5) is 14.1. The van der Waals surface area contributed by atoms with Crippen LogP contribution in [-0.2, 0) is 21.1 Å². The van der Waals surface area contributed by atoms with Crippen LogP contribution in [0, 0.1) is 0 Å². The van der Waals surface area contributed by atoms with Crippen molar-refractivity contribution in [3.05, 3.63) is 63.1 Å². The molecule has 0 aromatic heterocycles. The highest BCUT2D eigenvalue weighted by Crippen LogP contribution is 2.26. The van der Waals surface area contributed by atoms with Crippen molar-refractivity contribution < 1.29 is 13.2 Å². The van der Waals surface area contributed by atoms with Gasteiger partial charge in [-0.2, -0.15) is 0 Å². The van der Waals surface area contributed by atoms with Crippen molar-refractivity contribution in [1.82, 2.24) is 4.90 Å². The Morgan fingerprint density at radius 2 is 1.62 bits per heavy atom. The zero-order valence-electron chi connectivity index (χ0n) is 13.7. The lowest BCUT2D eigenvalue weighted by molar-refractivity contribution is -0.134. The number of hydrogen-bond acceptors (Lipinski definition) is 3. The molecular weight excluding hydrogens is 417 g/mol. The van der Waals surface area contributed by atoms with Gasteiger partial charge in [-0.1, -0.05) is 40.9 Å². The highest BCUT2D eigenvalue weighted by atomic mass is 35.5. The Morgan fingerprint density at radius 3 is 2.23 bits per heavy atom. The van der Waals surface area contributed by atoms with Crippen LogP contribution in [0.25, 0.3) is 0 Å². The molecule has 1 saturated heterocycles. The van der Waals surface area contributed by atoms with Gasteiger partial charge >= 0.3 is 0 Å². The summed E-state index contributed by atoms with van der Waals surface area (Å²) in [5.41, 5.74) is 0.843. The number of aryl methyl sites for hydroxylation is 1. The summed E-state index contributed by atoms with van der Waals surface area (Å²) >= 11 is 17.8. The predicted molar refractivity (Wildman–Crippen MR) is 104 cm³/mol. The van der Waals surface area contributed by atoms with E-state index in [1.165, 1.54) is 12.1 Å². The maximum atomic E-state index is 12.5. The van der Waals surface area contributed by atoms with Gasteiger partial charge in [-0.15, -0.1) is 0 Å². The van der Waals surface area contributed by atoms with Crippen molar-refractivity contribution in [2.75, 3.05) is 13.1 Å². The summed E-state index contributed by atoms with van der Waals surface area (Å²) in [6, 6.07) is 11.2. The molecule has 0 saturated carbocycles. The van der Waals surface area contributed by atoms with Crippen molar-refractivity contribution in [2.24, 2.45) is 0 Å². The fourth-order valence-electron chi connectivity index (χ4n) is 2.78. The molecule has 1 amide bonds. The lowest BCUT2D eigenvalue weighted by atomic mass is 10.1. The van der Waals surface area contributed by atoms with Gasteiger partial charge in [0, 0.05) is 34.6 Å². The van der Waals surface area contributed by atoms with Crippen molar-refractivity contribution in [3.63, 3.8) is 0 Å². The largest absolute Gasteiger partial charge is 0.340 e. The number of likely N-dealkylation sites (tertiary alicyclic amines) is 1.